The monoisotopic (exact) mass is 290 g/mol. The quantitative estimate of drug-likeness (QED) is 0.845. The number of carbonyl (C=O) groups excluding carboxylic acids is 1. The summed E-state index contributed by atoms with van der Waals surface area (Å²) in [7, 11) is 1.35. The predicted molar refractivity (Wildman–Crippen MR) is 79.4 cm³/mol. The topological polar surface area (TPSA) is 67.4 Å². The smallest absolute Gasteiger partial charge is 0.376 e. The molecule has 2 unspecified atom stereocenters. The van der Waals surface area contributed by atoms with E-state index in [-0.39, 0.29) is 5.82 Å². The second-order valence-corrected chi connectivity index (χ2v) is 5.78. The van der Waals surface area contributed by atoms with Gasteiger partial charge in [0, 0.05) is 30.9 Å². The lowest BCUT2D eigenvalue weighted by atomic mass is 9.98. The zero-order valence-corrected chi connectivity index (χ0v) is 12.6. The van der Waals surface area contributed by atoms with Crippen LogP contribution < -0.4 is 10.2 Å². The molecule has 1 N–H and O–H groups in total. The van der Waals surface area contributed by atoms with E-state index >= 15 is 0 Å². The number of hydrogen-bond donors (Lipinski definition) is 1. The number of rotatable bonds is 4. The lowest BCUT2D eigenvalue weighted by Crippen LogP contribution is -2.48. The zero-order valence-electron chi connectivity index (χ0n) is 12.6. The molecule has 0 radical (unpaired) electrons. The van der Waals surface area contributed by atoms with Crippen molar-refractivity contribution in [3.63, 3.8) is 0 Å². The third-order valence-corrected chi connectivity index (χ3v) is 4.53. The number of nitrogens with zero attached hydrogens (tertiary/aromatic N) is 3. The van der Waals surface area contributed by atoms with Crippen LogP contribution in [-0.2, 0) is 4.74 Å². The molecule has 6 nitrogen and oxygen atoms in total. The third kappa shape index (κ3) is 2.85. The molecule has 1 aromatic heterocycles. The van der Waals surface area contributed by atoms with Gasteiger partial charge in [-0.05, 0) is 38.7 Å². The van der Waals surface area contributed by atoms with Crippen LogP contribution in [0.1, 0.15) is 43.2 Å². The standard InChI is InChI=1S/C15H22N4O2/c1-3-19(12-8-10-4-5-11(9-12)17-10)13-6-7-16-14(18-13)15(20)21-2/h6-7,10-12,17H,3-5,8-9H2,1-2H3. The fourth-order valence-electron chi connectivity index (χ4n) is 3.59. The lowest BCUT2D eigenvalue weighted by molar-refractivity contribution is 0.0586. The maximum absolute atomic E-state index is 11.6. The van der Waals surface area contributed by atoms with Crippen LogP contribution >= 0.6 is 0 Å². The molecule has 3 heterocycles. The van der Waals surface area contributed by atoms with Gasteiger partial charge in [0.1, 0.15) is 5.82 Å². The molecule has 0 aromatic carbocycles. The molecule has 2 fully saturated rings. The summed E-state index contributed by atoms with van der Waals surface area (Å²) < 4.78 is 4.70. The van der Waals surface area contributed by atoms with Crippen molar-refractivity contribution >= 4 is 11.8 Å². The van der Waals surface area contributed by atoms with Crippen LogP contribution in [0.3, 0.4) is 0 Å². The van der Waals surface area contributed by atoms with E-state index in [0.29, 0.717) is 18.1 Å². The van der Waals surface area contributed by atoms with Crippen molar-refractivity contribution in [2.75, 3.05) is 18.6 Å². The van der Waals surface area contributed by atoms with Crippen molar-refractivity contribution in [3.8, 4) is 0 Å². The normalized spacial score (nSPS) is 27.4. The summed E-state index contributed by atoms with van der Waals surface area (Å²) in [6, 6.07) is 3.61. The molecular weight excluding hydrogens is 268 g/mol. The van der Waals surface area contributed by atoms with Crippen molar-refractivity contribution in [2.24, 2.45) is 0 Å². The molecule has 2 atom stereocenters. The number of ether oxygens (including phenoxy) is 1. The highest BCUT2D eigenvalue weighted by Gasteiger charge is 2.36. The van der Waals surface area contributed by atoms with E-state index in [1.54, 1.807) is 6.20 Å². The van der Waals surface area contributed by atoms with Crippen LogP contribution in [0.25, 0.3) is 0 Å². The summed E-state index contributed by atoms with van der Waals surface area (Å²) in [5, 5.41) is 3.66. The average molecular weight is 290 g/mol. The Morgan fingerprint density at radius 3 is 2.76 bits per heavy atom. The first kappa shape index (κ1) is 14.3. The Hall–Kier alpha value is -1.69. The Kier molecular flexibility index (Phi) is 4.05. The van der Waals surface area contributed by atoms with Gasteiger partial charge in [0.05, 0.1) is 7.11 Å². The van der Waals surface area contributed by atoms with Gasteiger partial charge in [-0.1, -0.05) is 0 Å². The van der Waals surface area contributed by atoms with Crippen molar-refractivity contribution in [3.05, 3.63) is 18.1 Å². The van der Waals surface area contributed by atoms with E-state index in [4.69, 9.17) is 4.74 Å². The average Bonchev–Trinajstić information content (AvgIpc) is 2.86. The summed E-state index contributed by atoms with van der Waals surface area (Å²) in [4.78, 5) is 22.3. The molecule has 114 valence electrons. The number of fused-ring (bicyclic) bond motifs is 2. The van der Waals surface area contributed by atoms with E-state index in [9.17, 15) is 4.79 Å². The number of methoxy groups -OCH3 is 1. The molecular formula is C15H22N4O2. The van der Waals surface area contributed by atoms with Crippen LogP contribution in [0.2, 0.25) is 0 Å². The Morgan fingerprint density at radius 1 is 1.43 bits per heavy atom. The van der Waals surface area contributed by atoms with Crippen molar-refractivity contribution in [2.45, 2.75) is 50.7 Å². The Morgan fingerprint density at radius 2 is 2.14 bits per heavy atom. The molecule has 0 aliphatic carbocycles. The van der Waals surface area contributed by atoms with E-state index in [2.05, 4.69) is 27.1 Å². The highest BCUT2D eigenvalue weighted by molar-refractivity contribution is 5.85. The van der Waals surface area contributed by atoms with E-state index in [0.717, 1.165) is 25.2 Å². The molecule has 0 spiro atoms. The molecule has 2 aliphatic rings. The fourth-order valence-corrected chi connectivity index (χ4v) is 3.59. The molecule has 21 heavy (non-hydrogen) atoms. The van der Waals surface area contributed by atoms with Crippen LogP contribution in [0, 0.1) is 0 Å². The number of anilines is 1. The van der Waals surface area contributed by atoms with Crippen molar-refractivity contribution in [1.82, 2.24) is 15.3 Å². The lowest BCUT2D eigenvalue weighted by Gasteiger charge is -2.38. The fraction of sp³-hybridized carbons (Fsp3) is 0.667. The number of esters is 1. The molecule has 0 amide bonds. The van der Waals surface area contributed by atoms with Gasteiger partial charge in [0.25, 0.3) is 0 Å². The number of carbonyl (C=O) groups is 1. The van der Waals surface area contributed by atoms with Crippen LogP contribution in [0.15, 0.2) is 12.3 Å². The number of nitrogens with one attached hydrogen (secondary N) is 1. The SMILES string of the molecule is CCN(c1ccnc(C(=O)OC)n1)C1CC2CCC(C1)N2. The van der Waals surface area contributed by atoms with Gasteiger partial charge < -0.3 is 15.0 Å². The van der Waals surface area contributed by atoms with Gasteiger partial charge in [-0.3, -0.25) is 0 Å². The highest BCUT2D eigenvalue weighted by atomic mass is 16.5. The molecule has 2 bridgehead atoms. The predicted octanol–water partition coefficient (Wildman–Crippen LogP) is 1.37. The second kappa shape index (κ2) is 5.97. The van der Waals surface area contributed by atoms with Gasteiger partial charge >= 0.3 is 5.97 Å². The summed E-state index contributed by atoms with van der Waals surface area (Å²) in [5.74, 6) is 0.461. The maximum atomic E-state index is 11.6. The minimum atomic E-state index is -0.488. The van der Waals surface area contributed by atoms with Gasteiger partial charge in [0.2, 0.25) is 5.82 Å². The van der Waals surface area contributed by atoms with Gasteiger partial charge in [0.15, 0.2) is 0 Å². The zero-order chi connectivity index (χ0) is 14.8. The highest BCUT2D eigenvalue weighted by Crippen LogP contribution is 2.31. The summed E-state index contributed by atoms with van der Waals surface area (Å²) in [6.07, 6.45) is 6.46. The number of hydrogen-bond acceptors (Lipinski definition) is 6. The number of piperidine rings is 1. The van der Waals surface area contributed by atoms with Crippen LogP contribution in [0.4, 0.5) is 5.82 Å². The van der Waals surface area contributed by atoms with Crippen molar-refractivity contribution in [1.29, 1.82) is 0 Å². The second-order valence-electron chi connectivity index (χ2n) is 5.78. The Balaban J connectivity index is 1.81. The van der Waals surface area contributed by atoms with Crippen LogP contribution in [-0.4, -0.2) is 47.7 Å². The van der Waals surface area contributed by atoms with E-state index in [1.807, 2.05) is 6.07 Å². The number of aromatic nitrogens is 2. The Labute approximate surface area is 124 Å². The van der Waals surface area contributed by atoms with Crippen molar-refractivity contribution < 1.29 is 9.53 Å². The van der Waals surface area contributed by atoms with Gasteiger partial charge in [-0.25, -0.2) is 14.8 Å². The summed E-state index contributed by atoms with van der Waals surface area (Å²) >= 11 is 0. The first-order chi connectivity index (χ1) is 10.2. The molecule has 3 rings (SSSR count). The first-order valence-corrected chi connectivity index (χ1v) is 7.65. The first-order valence-electron chi connectivity index (χ1n) is 7.65. The molecule has 6 heteroatoms. The summed E-state index contributed by atoms with van der Waals surface area (Å²) in [6.45, 7) is 3.01. The van der Waals surface area contributed by atoms with Gasteiger partial charge in [-0.15, -0.1) is 0 Å². The molecule has 1 aromatic rings. The maximum Gasteiger partial charge on any atom is 0.376 e. The third-order valence-electron chi connectivity index (χ3n) is 4.53. The Bertz CT molecular complexity index is 510. The van der Waals surface area contributed by atoms with E-state index in [1.165, 1.54) is 20.0 Å². The largest absolute Gasteiger partial charge is 0.463 e. The minimum Gasteiger partial charge on any atom is -0.463 e. The van der Waals surface area contributed by atoms with Gasteiger partial charge in [-0.2, -0.15) is 0 Å². The minimum absolute atomic E-state index is 0.130. The molecule has 2 aliphatic heterocycles. The molecule has 2 saturated heterocycles. The summed E-state index contributed by atoms with van der Waals surface area (Å²) in [5.41, 5.74) is 0. The van der Waals surface area contributed by atoms with E-state index < -0.39 is 5.97 Å². The van der Waals surface area contributed by atoms with Crippen LogP contribution in [0.5, 0.6) is 0 Å². The molecule has 0 saturated carbocycles.